The summed E-state index contributed by atoms with van der Waals surface area (Å²) in [7, 11) is 0. The van der Waals surface area contributed by atoms with Crippen molar-refractivity contribution >= 4 is 28.1 Å². The Hall–Kier alpha value is -5.83. The van der Waals surface area contributed by atoms with Gasteiger partial charge in [-0.2, -0.15) is 0 Å². The number of para-hydroxylation sites is 2. The number of rotatable bonds is 5. The molecule has 5 heteroatoms. The first-order valence-corrected chi connectivity index (χ1v) is 16.4. The number of aromatic nitrogens is 2. The number of phenolic OH excluding ortho intramolecular Hbond substituents is 1. The van der Waals surface area contributed by atoms with Crippen molar-refractivity contribution in [3.8, 4) is 28.1 Å². The molecular formula is C45H30N3OPt-. The van der Waals surface area contributed by atoms with E-state index < -0.39 is 5.41 Å². The van der Waals surface area contributed by atoms with E-state index in [1.54, 1.807) is 6.07 Å². The first-order valence-electron chi connectivity index (χ1n) is 16.4. The van der Waals surface area contributed by atoms with Gasteiger partial charge in [-0.25, -0.2) is 4.98 Å². The van der Waals surface area contributed by atoms with Crippen molar-refractivity contribution in [3.63, 3.8) is 0 Å². The van der Waals surface area contributed by atoms with Crippen molar-refractivity contribution in [2.45, 2.75) is 5.41 Å². The van der Waals surface area contributed by atoms with E-state index in [-0.39, 0.29) is 26.8 Å². The van der Waals surface area contributed by atoms with E-state index in [9.17, 15) is 5.11 Å². The van der Waals surface area contributed by atoms with Gasteiger partial charge >= 0.3 is 0 Å². The summed E-state index contributed by atoms with van der Waals surface area (Å²) in [6.45, 7) is 0. The average molecular weight is 824 g/mol. The number of pyridine rings is 2. The molecule has 0 spiro atoms. The van der Waals surface area contributed by atoms with Gasteiger partial charge in [0, 0.05) is 43.8 Å². The molecule has 1 N–H and O–H groups in total. The maximum atomic E-state index is 10.7. The quantitative estimate of drug-likeness (QED) is 0.176. The molecule has 0 aliphatic carbocycles. The van der Waals surface area contributed by atoms with Gasteiger partial charge in [0.05, 0.1) is 0 Å². The Morgan fingerprint density at radius 3 is 2.00 bits per heavy atom. The standard InChI is InChI=1S/C45H30N3O.Pt/c49-42-22-12-15-32-24-26-39(47-44(32)42)34-23-25-38-41(29-34)48(43-30-33(27-28-46-43)31-13-4-1-5-14-31)40-21-11-10-20-37(40)45(38,35-16-6-2-7-17-35)36-18-8-3-9-19-36;/h1-28,30,49H;/q-1;. The van der Waals surface area contributed by atoms with Crippen molar-refractivity contribution in [1.29, 1.82) is 0 Å². The molecule has 3 heterocycles. The number of fused-ring (bicyclic) bond motifs is 3. The molecule has 0 radical (unpaired) electrons. The van der Waals surface area contributed by atoms with Crippen LogP contribution in [0.1, 0.15) is 22.3 Å². The number of aromatic hydroxyl groups is 1. The van der Waals surface area contributed by atoms with Gasteiger partial charge in [0.1, 0.15) is 17.1 Å². The number of hydrogen-bond donors (Lipinski definition) is 1. The number of phenols is 1. The summed E-state index contributed by atoms with van der Waals surface area (Å²) in [6.07, 6.45) is 1.88. The Labute approximate surface area is 305 Å². The molecule has 0 atom stereocenters. The van der Waals surface area contributed by atoms with Gasteiger partial charge in [-0.05, 0) is 63.5 Å². The molecule has 50 heavy (non-hydrogen) atoms. The van der Waals surface area contributed by atoms with Crippen molar-refractivity contribution in [1.82, 2.24) is 9.97 Å². The molecule has 0 bridgehead atoms. The molecule has 1 aliphatic rings. The van der Waals surface area contributed by atoms with Gasteiger partial charge in [0.15, 0.2) is 0 Å². The summed E-state index contributed by atoms with van der Waals surface area (Å²) in [5, 5.41) is 11.6. The molecule has 4 nitrogen and oxygen atoms in total. The third-order valence-corrected chi connectivity index (χ3v) is 9.57. The monoisotopic (exact) mass is 823 g/mol. The molecule has 0 saturated carbocycles. The maximum Gasteiger partial charge on any atom is 0.140 e. The molecule has 0 saturated heterocycles. The Morgan fingerprint density at radius 2 is 1.26 bits per heavy atom. The molecule has 0 unspecified atom stereocenters. The number of benzene rings is 6. The van der Waals surface area contributed by atoms with Crippen molar-refractivity contribution < 1.29 is 26.2 Å². The summed E-state index contributed by atoms with van der Waals surface area (Å²) in [5.41, 5.74) is 10.1. The zero-order valence-corrected chi connectivity index (χ0v) is 29.1. The summed E-state index contributed by atoms with van der Waals surface area (Å²) in [5.74, 6) is 0.948. The zero-order chi connectivity index (χ0) is 32.8. The molecular weight excluding hydrogens is 794 g/mol. The van der Waals surface area contributed by atoms with Crippen molar-refractivity contribution in [3.05, 3.63) is 204 Å². The Balaban J connectivity index is 0.00000361. The second kappa shape index (κ2) is 12.9. The van der Waals surface area contributed by atoms with E-state index in [2.05, 4.69) is 144 Å². The van der Waals surface area contributed by atoms with E-state index in [1.165, 1.54) is 0 Å². The van der Waals surface area contributed by atoms with Crippen LogP contribution in [-0.4, -0.2) is 15.1 Å². The topological polar surface area (TPSA) is 49.2 Å². The van der Waals surface area contributed by atoms with Crippen LogP contribution in [0.3, 0.4) is 0 Å². The Bertz CT molecular complexity index is 2430. The van der Waals surface area contributed by atoms with Crippen LogP contribution in [0, 0.1) is 6.07 Å². The first-order chi connectivity index (χ1) is 24.2. The fraction of sp³-hybridized carbons (Fsp3) is 0.0222. The van der Waals surface area contributed by atoms with Gasteiger partial charge in [0.25, 0.3) is 0 Å². The van der Waals surface area contributed by atoms with Crippen LogP contribution in [0.5, 0.6) is 5.75 Å². The van der Waals surface area contributed by atoms with Crippen molar-refractivity contribution in [2.24, 2.45) is 0 Å². The van der Waals surface area contributed by atoms with E-state index in [0.29, 0.717) is 5.52 Å². The van der Waals surface area contributed by atoms with E-state index in [4.69, 9.17) is 9.97 Å². The van der Waals surface area contributed by atoms with Crippen LogP contribution in [-0.2, 0) is 26.5 Å². The van der Waals surface area contributed by atoms with Gasteiger partial charge in [-0.1, -0.05) is 139 Å². The van der Waals surface area contributed by atoms with Crippen LogP contribution in [0.4, 0.5) is 17.2 Å². The van der Waals surface area contributed by atoms with Gasteiger partial charge in [-0.15, -0.1) is 23.8 Å². The molecule has 1 aliphatic heterocycles. The van der Waals surface area contributed by atoms with E-state index in [0.717, 1.165) is 67.2 Å². The second-order valence-corrected chi connectivity index (χ2v) is 12.3. The van der Waals surface area contributed by atoms with Gasteiger partial charge in [0.2, 0.25) is 0 Å². The molecule has 8 aromatic rings. The number of hydrogen-bond acceptors (Lipinski definition) is 4. The summed E-state index contributed by atoms with van der Waals surface area (Å²) in [4.78, 5) is 12.2. The molecule has 2 aromatic heterocycles. The summed E-state index contributed by atoms with van der Waals surface area (Å²) >= 11 is 0. The maximum absolute atomic E-state index is 10.7. The summed E-state index contributed by atoms with van der Waals surface area (Å²) in [6, 6.07) is 62.4. The molecule has 242 valence electrons. The number of anilines is 3. The number of nitrogens with zero attached hydrogens (tertiary/aromatic N) is 3. The van der Waals surface area contributed by atoms with Crippen molar-refractivity contribution in [2.75, 3.05) is 4.90 Å². The Morgan fingerprint density at radius 1 is 0.580 bits per heavy atom. The molecule has 0 amide bonds. The van der Waals surface area contributed by atoms with Gasteiger partial charge in [-0.3, -0.25) is 4.98 Å². The van der Waals surface area contributed by atoms with E-state index >= 15 is 0 Å². The minimum absolute atomic E-state index is 0. The minimum atomic E-state index is -0.647. The third kappa shape index (κ3) is 5.03. The van der Waals surface area contributed by atoms with Crippen LogP contribution < -0.4 is 4.90 Å². The minimum Gasteiger partial charge on any atom is -0.506 e. The SMILES string of the molecule is Oc1cccc2ccc(-c3[c-]c4c(cc3)C(c3ccccc3)(c3ccccc3)c3ccccc3N4c3cc(-c4ccccc4)ccn3)nc12.[Pt]. The Kier molecular flexibility index (Phi) is 8.10. The molecule has 0 fully saturated rings. The average Bonchev–Trinajstić information content (AvgIpc) is 3.18. The second-order valence-electron chi connectivity index (χ2n) is 12.3. The first kappa shape index (κ1) is 31.4. The molecule has 9 rings (SSSR count). The fourth-order valence-corrected chi connectivity index (χ4v) is 7.40. The zero-order valence-electron chi connectivity index (χ0n) is 26.8. The summed E-state index contributed by atoms with van der Waals surface area (Å²) < 4.78 is 0. The van der Waals surface area contributed by atoms with Gasteiger partial charge < -0.3 is 10.0 Å². The van der Waals surface area contributed by atoms with Crippen LogP contribution in [0.2, 0.25) is 0 Å². The smallest absolute Gasteiger partial charge is 0.140 e. The predicted molar refractivity (Wildman–Crippen MR) is 197 cm³/mol. The third-order valence-electron chi connectivity index (χ3n) is 9.57. The van der Waals surface area contributed by atoms with Crippen LogP contribution in [0.15, 0.2) is 176 Å². The normalized spacial score (nSPS) is 12.8. The van der Waals surface area contributed by atoms with Crippen LogP contribution in [0.25, 0.3) is 33.3 Å². The largest absolute Gasteiger partial charge is 0.506 e. The van der Waals surface area contributed by atoms with E-state index in [1.807, 2.05) is 36.5 Å². The van der Waals surface area contributed by atoms with Crippen LogP contribution >= 0.6 is 0 Å². The molecule has 6 aromatic carbocycles. The fourth-order valence-electron chi connectivity index (χ4n) is 7.40. The predicted octanol–water partition coefficient (Wildman–Crippen LogP) is 10.6.